The Hall–Kier alpha value is -1.43. The van der Waals surface area contributed by atoms with E-state index in [2.05, 4.69) is 5.10 Å². The average molecular weight is 232 g/mol. The van der Waals surface area contributed by atoms with Crippen molar-refractivity contribution in [2.75, 3.05) is 6.54 Å². The lowest BCUT2D eigenvalue weighted by Gasteiger charge is -2.00. The number of hydrogen-bond donors (Lipinski definition) is 1. The molecule has 1 rings (SSSR count). The third-order valence-corrected chi connectivity index (χ3v) is 1.66. The van der Waals surface area contributed by atoms with E-state index in [9.17, 15) is 9.18 Å². The number of aromatic nitrogens is 3. The average Bonchev–Trinajstić information content (AvgIpc) is 2.60. The van der Waals surface area contributed by atoms with Gasteiger partial charge in [-0.05, 0) is 5.57 Å². The second-order valence-electron chi connectivity index (χ2n) is 2.65. The fourth-order valence-corrected chi connectivity index (χ4v) is 0.865. The SMILES string of the molecule is C.CC.Cn1cnn(CC(=CF)CN)c1=O. The smallest absolute Gasteiger partial charge is 0.327 e. The van der Waals surface area contributed by atoms with Gasteiger partial charge in [0.05, 0.1) is 12.9 Å². The molecule has 1 aromatic rings. The number of nitrogens with two attached hydrogens (primary N) is 1. The van der Waals surface area contributed by atoms with E-state index in [1.54, 1.807) is 7.05 Å². The summed E-state index contributed by atoms with van der Waals surface area (Å²) < 4.78 is 14.6. The lowest BCUT2D eigenvalue weighted by molar-refractivity contribution is 0.609. The normalized spacial score (nSPS) is 10.2. The Balaban J connectivity index is 0. The molecule has 1 heterocycles. The Morgan fingerprint density at radius 3 is 2.50 bits per heavy atom. The largest absolute Gasteiger partial charge is 0.345 e. The quantitative estimate of drug-likeness (QED) is 0.847. The number of aryl methyl sites for hydroxylation is 1. The second-order valence-corrected chi connectivity index (χ2v) is 2.65. The van der Waals surface area contributed by atoms with Gasteiger partial charge in [0.2, 0.25) is 0 Å². The van der Waals surface area contributed by atoms with Gasteiger partial charge in [0.25, 0.3) is 0 Å². The maximum Gasteiger partial charge on any atom is 0.345 e. The molecular formula is C10H21FN4O. The molecule has 0 radical (unpaired) electrons. The third-order valence-electron chi connectivity index (χ3n) is 1.66. The highest BCUT2D eigenvalue weighted by Crippen LogP contribution is 1.94. The van der Waals surface area contributed by atoms with Crippen LogP contribution in [0, 0.1) is 0 Å². The van der Waals surface area contributed by atoms with E-state index in [1.807, 2.05) is 13.8 Å². The van der Waals surface area contributed by atoms with Crippen LogP contribution >= 0.6 is 0 Å². The summed E-state index contributed by atoms with van der Waals surface area (Å²) in [6, 6.07) is 0. The summed E-state index contributed by atoms with van der Waals surface area (Å²) in [5.41, 5.74) is 5.28. The van der Waals surface area contributed by atoms with Crippen molar-refractivity contribution in [3.05, 3.63) is 28.7 Å². The number of nitrogens with zero attached hydrogens (tertiary/aromatic N) is 3. The van der Waals surface area contributed by atoms with Crippen LogP contribution in [0.2, 0.25) is 0 Å². The van der Waals surface area contributed by atoms with Crippen molar-refractivity contribution in [1.29, 1.82) is 0 Å². The Morgan fingerprint density at radius 2 is 2.19 bits per heavy atom. The van der Waals surface area contributed by atoms with E-state index in [0.717, 1.165) is 4.68 Å². The first-order valence-corrected chi connectivity index (χ1v) is 4.75. The fraction of sp³-hybridized carbons (Fsp3) is 0.600. The molecular weight excluding hydrogens is 211 g/mol. The minimum Gasteiger partial charge on any atom is -0.327 e. The molecule has 0 spiro atoms. The van der Waals surface area contributed by atoms with E-state index >= 15 is 0 Å². The molecule has 0 saturated carbocycles. The molecule has 0 amide bonds. The molecule has 2 N–H and O–H groups in total. The molecule has 0 aliphatic heterocycles. The summed E-state index contributed by atoms with van der Waals surface area (Å²) in [5.74, 6) is 0. The van der Waals surface area contributed by atoms with Crippen molar-refractivity contribution in [2.45, 2.75) is 27.8 Å². The highest BCUT2D eigenvalue weighted by Gasteiger charge is 2.03. The van der Waals surface area contributed by atoms with Gasteiger partial charge >= 0.3 is 5.69 Å². The van der Waals surface area contributed by atoms with E-state index in [4.69, 9.17) is 5.73 Å². The molecule has 94 valence electrons. The van der Waals surface area contributed by atoms with Gasteiger partial charge in [-0.15, -0.1) is 0 Å². The van der Waals surface area contributed by atoms with Crippen LogP contribution in [-0.2, 0) is 13.6 Å². The standard InChI is InChI=1S/C7H11FN4O.C2H6.CH4/c1-11-5-10-12(7(11)13)4-6(2-8)3-9;1-2;/h2,5H,3-4,9H2,1H3;1-2H3;1H4. The summed E-state index contributed by atoms with van der Waals surface area (Å²) in [5, 5.41) is 3.76. The van der Waals surface area contributed by atoms with Crippen LogP contribution in [0.25, 0.3) is 0 Å². The number of hydrogen-bond acceptors (Lipinski definition) is 3. The zero-order chi connectivity index (χ0) is 11.8. The van der Waals surface area contributed by atoms with Crippen LogP contribution in [0.5, 0.6) is 0 Å². The molecule has 0 aliphatic carbocycles. The lowest BCUT2D eigenvalue weighted by Crippen LogP contribution is -2.25. The van der Waals surface area contributed by atoms with Gasteiger partial charge < -0.3 is 5.73 Å². The topological polar surface area (TPSA) is 65.8 Å². The van der Waals surface area contributed by atoms with Gasteiger partial charge in [-0.25, -0.2) is 13.9 Å². The van der Waals surface area contributed by atoms with E-state index in [-0.39, 0.29) is 26.2 Å². The van der Waals surface area contributed by atoms with Crippen molar-refractivity contribution < 1.29 is 4.39 Å². The van der Waals surface area contributed by atoms with Crippen LogP contribution in [0.1, 0.15) is 21.3 Å². The maximum atomic E-state index is 12.1. The summed E-state index contributed by atoms with van der Waals surface area (Å²) >= 11 is 0. The summed E-state index contributed by atoms with van der Waals surface area (Å²) in [6.07, 6.45) is 1.77. The Kier molecular flexibility index (Phi) is 9.39. The first kappa shape index (κ1) is 17.0. The molecule has 0 atom stereocenters. The maximum absolute atomic E-state index is 12.1. The fourth-order valence-electron chi connectivity index (χ4n) is 0.865. The van der Waals surface area contributed by atoms with Gasteiger partial charge in [-0.1, -0.05) is 21.3 Å². The number of halogens is 1. The van der Waals surface area contributed by atoms with Gasteiger partial charge in [-0.3, -0.25) is 4.57 Å². The van der Waals surface area contributed by atoms with Crippen molar-refractivity contribution in [2.24, 2.45) is 12.8 Å². The van der Waals surface area contributed by atoms with Crippen molar-refractivity contribution in [3.63, 3.8) is 0 Å². The highest BCUT2D eigenvalue weighted by atomic mass is 19.1. The molecule has 0 bridgehead atoms. The predicted octanol–water partition coefficient (Wildman–Crippen LogP) is 1.06. The van der Waals surface area contributed by atoms with Crippen LogP contribution in [-0.4, -0.2) is 20.9 Å². The van der Waals surface area contributed by atoms with Crippen LogP contribution in [0.15, 0.2) is 23.0 Å². The Labute approximate surface area is 95.4 Å². The molecule has 0 fully saturated rings. The zero-order valence-electron chi connectivity index (χ0n) is 9.27. The zero-order valence-corrected chi connectivity index (χ0v) is 9.27. The summed E-state index contributed by atoms with van der Waals surface area (Å²) in [4.78, 5) is 11.2. The van der Waals surface area contributed by atoms with Crippen LogP contribution in [0.4, 0.5) is 4.39 Å². The number of rotatable bonds is 3. The monoisotopic (exact) mass is 232 g/mol. The minimum atomic E-state index is -0.284. The Morgan fingerprint density at radius 1 is 1.62 bits per heavy atom. The lowest BCUT2D eigenvalue weighted by atomic mass is 10.3. The van der Waals surface area contributed by atoms with Crippen molar-refractivity contribution >= 4 is 0 Å². The summed E-state index contributed by atoms with van der Waals surface area (Å²) in [7, 11) is 1.58. The van der Waals surface area contributed by atoms with Gasteiger partial charge in [0, 0.05) is 13.6 Å². The first-order chi connectivity index (χ1) is 7.19. The minimum absolute atomic E-state index is 0. The molecule has 16 heavy (non-hydrogen) atoms. The van der Waals surface area contributed by atoms with E-state index in [1.165, 1.54) is 10.9 Å². The molecule has 5 nitrogen and oxygen atoms in total. The molecule has 0 aromatic carbocycles. The van der Waals surface area contributed by atoms with Gasteiger partial charge in [0.1, 0.15) is 6.33 Å². The van der Waals surface area contributed by atoms with Crippen LogP contribution in [0.3, 0.4) is 0 Å². The van der Waals surface area contributed by atoms with Crippen LogP contribution < -0.4 is 11.4 Å². The molecule has 0 unspecified atom stereocenters. The van der Waals surface area contributed by atoms with Crippen molar-refractivity contribution in [1.82, 2.24) is 14.3 Å². The summed E-state index contributed by atoms with van der Waals surface area (Å²) in [6.45, 7) is 4.19. The first-order valence-electron chi connectivity index (χ1n) is 4.75. The Bertz CT molecular complexity index is 367. The molecule has 0 aliphatic rings. The second kappa shape index (κ2) is 8.84. The molecule has 0 saturated heterocycles. The highest BCUT2D eigenvalue weighted by molar-refractivity contribution is 4.98. The predicted molar refractivity (Wildman–Crippen MR) is 63.8 cm³/mol. The molecule has 1 aromatic heterocycles. The third kappa shape index (κ3) is 4.39. The van der Waals surface area contributed by atoms with E-state index < -0.39 is 0 Å². The molecule has 6 heteroatoms. The van der Waals surface area contributed by atoms with Crippen molar-refractivity contribution in [3.8, 4) is 0 Å². The van der Waals surface area contributed by atoms with Gasteiger partial charge in [0.15, 0.2) is 0 Å². The van der Waals surface area contributed by atoms with Gasteiger partial charge in [-0.2, -0.15) is 5.10 Å². The van der Waals surface area contributed by atoms with E-state index in [0.29, 0.717) is 11.9 Å².